The molecule has 0 aromatic carbocycles. The minimum absolute atomic E-state index is 0.462. The van der Waals surface area contributed by atoms with Crippen LogP contribution >= 0.6 is 11.3 Å². The maximum absolute atomic E-state index is 10.2. The molecule has 2 nitrogen and oxygen atoms in total. The summed E-state index contributed by atoms with van der Waals surface area (Å²) in [5, 5.41) is 10.2. The highest BCUT2D eigenvalue weighted by atomic mass is 32.1. The van der Waals surface area contributed by atoms with Crippen LogP contribution in [0.4, 0.5) is 0 Å². The smallest absolute Gasteiger partial charge is 0.106 e. The molecule has 0 radical (unpaired) electrons. The Hall–Kier alpha value is -1.06. The molecule has 1 unspecified atom stereocenters. The molecule has 0 bridgehead atoms. The van der Waals surface area contributed by atoms with Crippen LogP contribution in [0.25, 0.3) is 0 Å². The van der Waals surface area contributed by atoms with Gasteiger partial charge in [0.1, 0.15) is 11.5 Å². The second kappa shape index (κ2) is 5.07. The number of rotatable bonds is 4. The van der Waals surface area contributed by atoms with Gasteiger partial charge in [0.05, 0.1) is 6.10 Å². The highest BCUT2D eigenvalue weighted by molar-refractivity contribution is 7.11. The largest absolute Gasteiger partial charge is 0.466 e. The molecule has 1 atom stereocenters. The lowest BCUT2D eigenvalue weighted by Gasteiger charge is -2.07. The van der Waals surface area contributed by atoms with Crippen molar-refractivity contribution in [3.8, 4) is 0 Å². The Bertz CT molecular complexity index is 496. The lowest BCUT2D eigenvalue weighted by Crippen LogP contribution is -2.00. The molecule has 0 aliphatic carbocycles. The van der Waals surface area contributed by atoms with E-state index in [1.807, 2.05) is 19.9 Å². The molecule has 0 fully saturated rings. The van der Waals surface area contributed by atoms with E-state index in [2.05, 4.69) is 19.1 Å². The number of aliphatic hydroxyl groups excluding tert-OH is 1. The van der Waals surface area contributed by atoms with Crippen molar-refractivity contribution in [1.82, 2.24) is 0 Å². The zero-order valence-electron chi connectivity index (χ0n) is 10.5. The van der Waals surface area contributed by atoms with E-state index in [0.29, 0.717) is 6.42 Å². The van der Waals surface area contributed by atoms with Gasteiger partial charge in [-0.3, -0.25) is 0 Å². The molecule has 2 aromatic heterocycles. The summed E-state index contributed by atoms with van der Waals surface area (Å²) in [7, 11) is 0. The molecule has 2 rings (SSSR count). The normalized spacial score (nSPS) is 12.9. The maximum Gasteiger partial charge on any atom is 0.106 e. The van der Waals surface area contributed by atoms with Crippen molar-refractivity contribution < 1.29 is 9.52 Å². The lowest BCUT2D eigenvalue weighted by atomic mass is 10.1. The van der Waals surface area contributed by atoms with Gasteiger partial charge in [-0.05, 0) is 38.5 Å². The van der Waals surface area contributed by atoms with Crippen molar-refractivity contribution in [2.24, 2.45) is 0 Å². The molecule has 0 aliphatic heterocycles. The highest BCUT2D eigenvalue weighted by Crippen LogP contribution is 2.27. The van der Waals surface area contributed by atoms with Crippen LogP contribution in [0.2, 0.25) is 0 Å². The topological polar surface area (TPSA) is 33.4 Å². The van der Waals surface area contributed by atoms with Crippen LogP contribution in [0.5, 0.6) is 0 Å². The predicted molar refractivity (Wildman–Crippen MR) is 70.5 cm³/mol. The van der Waals surface area contributed by atoms with Gasteiger partial charge in [-0.25, -0.2) is 0 Å². The number of aliphatic hydroxyl groups is 1. The van der Waals surface area contributed by atoms with E-state index in [-0.39, 0.29) is 0 Å². The zero-order chi connectivity index (χ0) is 12.4. The van der Waals surface area contributed by atoms with Crippen molar-refractivity contribution in [3.05, 3.63) is 45.0 Å². The molecule has 1 N–H and O–H groups in total. The molecular formula is C14H18O2S. The SMILES string of the molecule is CCc1ccc(CC(O)c2cc(C)oc2C)s1. The van der Waals surface area contributed by atoms with E-state index in [1.165, 1.54) is 9.75 Å². The first-order valence-electron chi connectivity index (χ1n) is 5.92. The fraction of sp³-hybridized carbons (Fsp3) is 0.429. The van der Waals surface area contributed by atoms with Crippen molar-refractivity contribution in [2.45, 2.75) is 39.7 Å². The first kappa shape index (κ1) is 12.4. The molecular weight excluding hydrogens is 232 g/mol. The summed E-state index contributed by atoms with van der Waals surface area (Å²) in [5.41, 5.74) is 0.911. The second-order valence-electron chi connectivity index (χ2n) is 4.31. The molecule has 17 heavy (non-hydrogen) atoms. The summed E-state index contributed by atoms with van der Waals surface area (Å²) >= 11 is 1.78. The summed E-state index contributed by atoms with van der Waals surface area (Å²) in [6.07, 6.45) is 1.27. The van der Waals surface area contributed by atoms with Crippen molar-refractivity contribution >= 4 is 11.3 Å². The van der Waals surface area contributed by atoms with Gasteiger partial charge in [-0.1, -0.05) is 6.92 Å². The van der Waals surface area contributed by atoms with Gasteiger partial charge in [0, 0.05) is 21.7 Å². The van der Waals surface area contributed by atoms with E-state index >= 15 is 0 Å². The molecule has 0 saturated carbocycles. The molecule has 2 heterocycles. The quantitative estimate of drug-likeness (QED) is 0.895. The summed E-state index contributed by atoms with van der Waals surface area (Å²) in [6, 6.07) is 6.17. The van der Waals surface area contributed by atoms with Crippen molar-refractivity contribution in [1.29, 1.82) is 0 Å². The number of thiophene rings is 1. The molecule has 3 heteroatoms. The first-order valence-corrected chi connectivity index (χ1v) is 6.74. The van der Waals surface area contributed by atoms with Crippen LogP contribution < -0.4 is 0 Å². The average molecular weight is 250 g/mol. The Balaban J connectivity index is 2.11. The zero-order valence-corrected chi connectivity index (χ0v) is 11.3. The van der Waals surface area contributed by atoms with E-state index in [1.54, 1.807) is 11.3 Å². The maximum atomic E-state index is 10.2. The van der Waals surface area contributed by atoms with Gasteiger partial charge in [0.25, 0.3) is 0 Å². The molecule has 0 saturated heterocycles. The number of hydrogen-bond acceptors (Lipinski definition) is 3. The van der Waals surface area contributed by atoms with Crippen molar-refractivity contribution in [3.63, 3.8) is 0 Å². The van der Waals surface area contributed by atoms with Gasteiger partial charge in [-0.15, -0.1) is 11.3 Å². The Morgan fingerprint density at radius 2 is 2.00 bits per heavy atom. The van der Waals surface area contributed by atoms with Crippen LogP contribution in [0.3, 0.4) is 0 Å². The number of aryl methyl sites for hydroxylation is 3. The Kier molecular flexibility index (Phi) is 3.69. The minimum Gasteiger partial charge on any atom is -0.466 e. The Morgan fingerprint density at radius 3 is 2.53 bits per heavy atom. The highest BCUT2D eigenvalue weighted by Gasteiger charge is 2.15. The van der Waals surface area contributed by atoms with Gasteiger partial charge < -0.3 is 9.52 Å². The Morgan fingerprint density at radius 1 is 1.29 bits per heavy atom. The monoisotopic (exact) mass is 250 g/mol. The van der Waals surface area contributed by atoms with E-state index < -0.39 is 6.10 Å². The molecule has 0 spiro atoms. The van der Waals surface area contributed by atoms with E-state index in [9.17, 15) is 5.11 Å². The summed E-state index contributed by atoms with van der Waals surface area (Å²) in [5.74, 6) is 1.68. The summed E-state index contributed by atoms with van der Waals surface area (Å²) in [4.78, 5) is 2.60. The van der Waals surface area contributed by atoms with Gasteiger partial charge in [0.15, 0.2) is 0 Å². The molecule has 0 amide bonds. The standard InChI is InChI=1S/C14H18O2S/c1-4-11-5-6-12(17-11)8-14(15)13-7-9(2)16-10(13)3/h5-7,14-15H,4,8H2,1-3H3. The van der Waals surface area contributed by atoms with Crippen LogP contribution in [-0.4, -0.2) is 5.11 Å². The summed E-state index contributed by atoms with van der Waals surface area (Å²) in [6.45, 7) is 5.95. The van der Waals surface area contributed by atoms with Gasteiger partial charge in [-0.2, -0.15) is 0 Å². The third-order valence-corrected chi connectivity index (χ3v) is 4.15. The minimum atomic E-state index is -0.462. The van der Waals surface area contributed by atoms with Gasteiger partial charge >= 0.3 is 0 Å². The fourth-order valence-electron chi connectivity index (χ4n) is 2.00. The second-order valence-corrected chi connectivity index (χ2v) is 5.56. The van der Waals surface area contributed by atoms with E-state index in [4.69, 9.17) is 4.42 Å². The molecule has 0 aliphatic rings. The van der Waals surface area contributed by atoms with Crippen LogP contribution in [0.15, 0.2) is 22.6 Å². The van der Waals surface area contributed by atoms with Crippen LogP contribution in [0.1, 0.15) is 39.9 Å². The van der Waals surface area contributed by atoms with Crippen LogP contribution in [-0.2, 0) is 12.8 Å². The van der Waals surface area contributed by atoms with Gasteiger partial charge in [0.2, 0.25) is 0 Å². The number of hydrogen-bond donors (Lipinski definition) is 1. The molecule has 92 valence electrons. The third kappa shape index (κ3) is 2.79. The molecule has 2 aromatic rings. The first-order chi connectivity index (χ1) is 8.10. The Labute approximate surface area is 106 Å². The lowest BCUT2D eigenvalue weighted by molar-refractivity contribution is 0.177. The summed E-state index contributed by atoms with van der Waals surface area (Å²) < 4.78 is 5.44. The average Bonchev–Trinajstić information content (AvgIpc) is 2.85. The third-order valence-electron chi connectivity index (χ3n) is 2.90. The predicted octanol–water partition coefficient (Wildman–Crippen LogP) is 3.80. The fourth-order valence-corrected chi connectivity index (χ4v) is 3.00. The number of furan rings is 1. The van der Waals surface area contributed by atoms with E-state index in [0.717, 1.165) is 23.5 Å². The van der Waals surface area contributed by atoms with Crippen molar-refractivity contribution in [2.75, 3.05) is 0 Å². The van der Waals surface area contributed by atoms with Crippen LogP contribution in [0, 0.1) is 13.8 Å².